The predicted octanol–water partition coefficient (Wildman–Crippen LogP) is 4.18. The van der Waals surface area contributed by atoms with E-state index in [9.17, 15) is 13.2 Å². The van der Waals surface area contributed by atoms with Crippen LogP contribution in [0.15, 0.2) is 34.5 Å². The molecule has 0 bridgehead atoms. The molecule has 0 saturated carbocycles. The van der Waals surface area contributed by atoms with Crippen LogP contribution >= 0.6 is 11.3 Å². The molecule has 160 valence electrons. The second-order valence-electron chi connectivity index (χ2n) is 8.67. The lowest BCUT2D eigenvalue weighted by Crippen LogP contribution is -2.36. The van der Waals surface area contributed by atoms with E-state index in [2.05, 4.69) is 31.1 Å². The number of rotatable bonds is 7. The topological polar surface area (TPSA) is 79.4 Å². The summed E-state index contributed by atoms with van der Waals surface area (Å²) in [5, 5.41) is 5.04. The first-order valence-electron chi connectivity index (χ1n) is 9.70. The number of nitrogens with zero attached hydrogens (tertiary/aromatic N) is 2. The number of carbonyl (C=O) groups is 1. The van der Waals surface area contributed by atoms with Gasteiger partial charge in [0.1, 0.15) is 10.7 Å². The molecule has 0 spiro atoms. The molecule has 0 aliphatic carbocycles. The monoisotopic (exact) mass is 437 g/mol. The molecule has 0 saturated heterocycles. The van der Waals surface area contributed by atoms with Gasteiger partial charge < -0.3 is 5.32 Å². The van der Waals surface area contributed by atoms with Crippen molar-refractivity contribution in [3.63, 3.8) is 0 Å². The SMILES string of the molecule is CC(C)NC(=O)c1csc(CN(C(C)C)S(=O)(=O)c2ccc(C(C)(C)C)cc2)n1. The Morgan fingerprint density at radius 3 is 2.21 bits per heavy atom. The molecule has 2 aromatic rings. The molecule has 1 heterocycles. The zero-order chi connectivity index (χ0) is 22.0. The van der Waals surface area contributed by atoms with Crippen molar-refractivity contribution < 1.29 is 13.2 Å². The van der Waals surface area contributed by atoms with E-state index < -0.39 is 10.0 Å². The van der Waals surface area contributed by atoms with E-state index in [-0.39, 0.29) is 34.8 Å². The highest BCUT2D eigenvalue weighted by molar-refractivity contribution is 7.89. The molecule has 6 nitrogen and oxygen atoms in total. The first-order chi connectivity index (χ1) is 13.3. The number of hydrogen-bond donors (Lipinski definition) is 1. The first kappa shape index (κ1) is 23.5. The van der Waals surface area contributed by atoms with Gasteiger partial charge in [0.05, 0.1) is 11.4 Å². The van der Waals surface area contributed by atoms with Crippen molar-refractivity contribution in [1.82, 2.24) is 14.6 Å². The summed E-state index contributed by atoms with van der Waals surface area (Å²) in [5.41, 5.74) is 1.34. The number of nitrogens with one attached hydrogen (secondary N) is 1. The number of benzene rings is 1. The van der Waals surface area contributed by atoms with Crippen LogP contribution in [0.2, 0.25) is 0 Å². The van der Waals surface area contributed by atoms with Crippen LogP contribution in [0.3, 0.4) is 0 Å². The van der Waals surface area contributed by atoms with Crippen LogP contribution in [0.5, 0.6) is 0 Å². The van der Waals surface area contributed by atoms with Gasteiger partial charge in [0, 0.05) is 17.5 Å². The molecule has 1 amide bonds. The Kier molecular flexibility index (Phi) is 7.24. The van der Waals surface area contributed by atoms with Gasteiger partial charge >= 0.3 is 0 Å². The van der Waals surface area contributed by atoms with Crippen molar-refractivity contribution >= 4 is 27.3 Å². The lowest BCUT2D eigenvalue weighted by Gasteiger charge is -2.25. The molecule has 8 heteroatoms. The van der Waals surface area contributed by atoms with Crippen LogP contribution in [0.1, 0.15) is 69.5 Å². The van der Waals surface area contributed by atoms with E-state index in [4.69, 9.17) is 0 Å². The van der Waals surface area contributed by atoms with Gasteiger partial charge in [0.2, 0.25) is 10.0 Å². The second-order valence-corrected chi connectivity index (χ2v) is 11.5. The molecule has 1 aromatic carbocycles. The lowest BCUT2D eigenvalue weighted by molar-refractivity contribution is 0.0938. The van der Waals surface area contributed by atoms with Crippen LogP contribution in [0, 0.1) is 0 Å². The number of sulfonamides is 1. The molecule has 0 aliphatic rings. The summed E-state index contributed by atoms with van der Waals surface area (Å²) in [6.07, 6.45) is 0. The average Bonchev–Trinajstić information content (AvgIpc) is 3.07. The van der Waals surface area contributed by atoms with Gasteiger partial charge in [-0.2, -0.15) is 4.31 Å². The highest BCUT2D eigenvalue weighted by Crippen LogP contribution is 2.26. The molecule has 0 aliphatic heterocycles. The second kappa shape index (κ2) is 8.93. The molecule has 0 fully saturated rings. The Morgan fingerprint density at radius 2 is 1.72 bits per heavy atom. The maximum absolute atomic E-state index is 13.2. The van der Waals surface area contributed by atoms with Crippen LogP contribution in [0.25, 0.3) is 0 Å². The molecular weight excluding hydrogens is 406 g/mol. The summed E-state index contributed by atoms with van der Waals surface area (Å²) in [7, 11) is -3.69. The highest BCUT2D eigenvalue weighted by atomic mass is 32.2. The number of amides is 1. The third-order valence-corrected chi connectivity index (χ3v) is 7.27. The summed E-state index contributed by atoms with van der Waals surface area (Å²) in [6.45, 7) is 13.8. The molecule has 1 aromatic heterocycles. The number of hydrogen-bond acceptors (Lipinski definition) is 5. The highest BCUT2D eigenvalue weighted by Gasteiger charge is 2.29. The minimum atomic E-state index is -3.69. The standard InChI is InChI=1S/C21H31N3O3S2/c1-14(2)22-20(25)18-13-28-19(23-18)12-24(15(3)4)29(26,27)17-10-8-16(9-11-17)21(5,6)7/h8-11,13-15H,12H2,1-7H3,(H,22,25). The zero-order valence-corrected chi connectivity index (χ0v) is 19.8. The van der Waals surface area contributed by atoms with Gasteiger partial charge in [-0.3, -0.25) is 4.79 Å². The van der Waals surface area contributed by atoms with E-state index >= 15 is 0 Å². The van der Waals surface area contributed by atoms with Crippen LogP contribution < -0.4 is 5.32 Å². The Bertz CT molecular complexity index is 940. The third kappa shape index (κ3) is 5.87. The predicted molar refractivity (Wildman–Crippen MR) is 118 cm³/mol. The fourth-order valence-corrected chi connectivity index (χ4v) is 5.22. The van der Waals surface area contributed by atoms with Crippen molar-refractivity contribution in [2.75, 3.05) is 0 Å². The normalized spacial score (nSPS) is 12.8. The van der Waals surface area contributed by atoms with Gasteiger partial charge in [0.25, 0.3) is 5.91 Å². The van der Waals surface area contributed by atoms with Gasteiger partial charge in [-0.25, -0.2) is 13.4 Å². The summed E-state index contributed by atoms with van der Waals surface area (Å²) in [5.74, 6) is -0.251. The van der Waals surface area contributed by atoms with E-state index in [1.165, 1.54) is 15.6 Å². The van der Waals surface area contributed by atoms with Crippen LogP contribution in [-0.2, 0) is 22.0 Å². The Balaban J connectivity index is 2.27. The summed E-state index contributed by atoms with van der Waals surface area (Å²) in [6, 6.07) is 6.81. The Labute approximate surface area is 178 Å². The maximum atomic E-state index is 13.2. The van der Waals surface area contributed by atoms with Gasteiger partial charge in [-0.05, 0) is 50.8 Å². The zero-order valence-electron chi connectivity index (χ0n) is 18.2. The molecule has 29 heavy (non-hydrogen) atoms. The van der Waals surface area contributed by atoms with Gasteiger partial charge in [0.15, 0.2) is 0 Å². The quantitative estimate of drug-likeness (QED) is 0.705. The Hall–Kier alpha value is -1.77. The fourth-order valence-electron chi connectivity index (χ4n) is 2.76. The van der Waals surface area contributed by atoms with Crippen molar-refractivity contribution in [1.29, 1.82) is 0 Å². The molecule has 0 atom stereocenters. The summed E-state index contributed by atoms with van der Waals surface area (Å²) >= 11 is 1.29. The number of thiazole rings is 1. The van der Waals surface area contributed by atoms with Crippen molar-refractivity contribution in [2.24, 2.45) is 0 Å². The first-order valence-corrected chi connectivity index (χ1v) is 12.0. The van der Waals surface area contributed by atoms with Crippen LogP contribution in [0.4, 0.5) is 0 Å². The fraction of sp³-hybridized carbons (Fsp3) is 0.524. The molecule has 1 N–H and O–H groups in total. The molecule has 0 radical (unpaired) electrons. The lowest BCUT2D eigenvalue weighted by atomic mass is 9.87. The molecule has 2 rings (SSSR count). The average molecular weight is 438 g/mol. The summed E-state index contributed by atoms with van der Waals surface area (Å²) in [4.78, 5) is 16.7. The van der Waals surface area contributed by atoms with E-state index in [1.807, 2.05) is 39.8 Å². The largest absolute Gasteiger partial charge is 0.349 e. The van der Waals surface area contributed by atoms with E-state index in [1.54, 1.807) is 17.5 Å². The Morgan fingerprint density at radius 1 is 1.14 bits per heavy atom. The van der Waals surface area contributed by atoms with Crippen molar-refractivity contribution in [3.8, 4) is 0 Å². The third-order valence-electron chi connectivity index (χ3n) is 4.40. The number of aromatic nitrogens is 1. The van der Waals surface area contributed by atoms with Gasteiger partial charge in [-0.15, -0.1) is 11.3 Å². The van der Waals surface area contributed by atoms with E-state index in [0.29, 0.717) is 10.7 Å². The molecule has 0 unspecified atom stereocenters. The number of carbonyl (C=O) groups excluding carboxylic acids is 1. The molecular formula is C21H31N3O3S2. The summed E-state index contributed by atoms with van der Waals surface area (Å²) < 4.78 is 27.9. The minimum absolute atomic E-state index is 0.0104. The minimum Gasteiger partial charge on any atom is -0.349 e. The smallest absolute Gasteiger partial charge is 0.270 e. The van der Waals surface area contributed by atoms with Crippen molar-refractivity contribution in [3.05, 3.63) is 45.9 Å². The van der Waals surface area contributed by atoms with Crippen LogP contribution in [-0.4, -0.2) is 35.7 Å². The van der Waals surface area contributed by atoms with Gasteiger partial charge in [-0.1, -0.05) is 32.9 Å². The van der Waals surface area contributed by atoms with Crippen molar-refractivity contribution in [2.45, 2.75) is 77.4 Å². The maximum Gasteiger partial charge on any atom is 0.270 e. The van der Waals surface area contributed by atoms with E-state index in [0.717, 1.165) is 5.56 Å².